The summed E-state index contributed by atoms with van der Waals surface area (Å²) in [4.78, 5) is 32.1. The molecule has 2 aromatic heterocycles. The van der Waals surface area contributed by atoms with E-state index >= 15 is 0 Å². The highest BCUT2D eigenvalue weighted by Gasteiger charge is 2.20. The number of aryl methyl sites for hydroxylation is 1. The molecule has 0 aromatic carbocycles. The van der Waals surface area contributed by atoms with Gasteiger partial charge in [-0.25, -0.2) is 9.78 Å². The van der Waals surface area contributed by atoms with E-state index in [1.165, 1.54) is 4.57 Å². The fourth-order valence-electron chi connectivity index (χ4n) is 2.53. The van der Waals surface area contributed by atoms with Crippen LogP contribution in [-0.4, -0.2) is 19.1 Å². The minimum Gasteiger partial charge on any atom is -0.322 e. The van der Waals surface area contributed by atoms with Gasteiger partial charge in [-0.3, -0.25) is 14.3 Å². The van der Waals surface area contributed by atoms with Gasteiger partial charge in [0.15, 0.2) is 11.2 Å². The Morgan fingerprint density at radius 3 is 2.41 bits per heavy atom. The van der Waals surface area contributed by atoms with Crippen LogP contribution in [0.25, 0.3) is 11.2 Å². The summed E-state index contributed by atoms with van der Waals surface area (Å²) in [7, 11) is 0. The first kappa shape index (κ1) is 16.5. The summed E-state index contributed by atoms with van der Waals surface area (Å²) in [6.07, 6.45) is 0.921. The van der Waals surface area contributed by atoms with Crippen LogP contribution in [0.2, 0.25) is 0 Å². The fourth-order valence-corrected chi connectivity index (χ4v) is 2.53. The van der Waals surface area contributed by atoms with Crippen LogP contribution in [0, 0.1) is 18.3 Å². The van der Waals surface area contributed by atoms with E-state index in [4.69, 9.17) is 0 Å². The first-order valence-electron chi connectivity index (χ1n) is 7.84. The molecular weight excluding hydrogens is 280 g/mol. The van der Waals surface area contributed by atoms with Gasteiger partial charge in [0.05, 0.1) is 0 Å². The van der Waals surface area contributed by atoms with E-state index in [1.54, 1.807) is 0 Å². The Labute approximate surface area is 130 Å². The van der Waals surface area contributed by atoms with Crippen LogP contribution in [0.5, 0.6) is 0 Å². The summed E-state index contributed by atoms with van der Waals surface area (Å²) < 4.78 is 3.22. The fraction of sp³-hybridized carbons (Fsp3) is 0.688. The molecule has 0 bridgehead atoms. The lowest BCUT2D eigenvalue weighted by Crippen LogP contribution is -2.37. The van der Waals surface area contributed by atoms with E-state index in [1.807, 2.05) is 18.4 Å². The van der Waals surface area contributed by atoms with Gasteiger partial charge in [0.1, 0.15) is 5.82 Å². The minimum absolute atomic E-state index is 0.0164. The molecule has 2 aromatic rings. The normalized spacial score (nSPS) is 13.7. The number of nitrogens with one attached hydrogen (secondary N) is 1. The molecule has 1 unspecified atom stereocenters. The number of aromatic nitrogens is 4. The van der Waals surface area contributed by atoms with Crippen LogP contribution < -0.4 is 11.2 Å². The lowest BCUT2D eigenvalue weighted by Gasteiger charge is -2.20. The van der Waals surface area contributed by atoms with Crippen molar-refractivity contribution in [3.05, 3.63) is 26.7 Å². The Morgan fingerprint density at radius 1 is 1.23 bits per heavy atom. The molecule has 1 atom stereocenters. The molecule has 0 radical (unpaired) electrons. The van der Waals surface area contributed by atoms with Gasteiger partial charge in [-0.05, 0) is 18.3 Å². The molecule has 122 valence electrons. The van der Waals surface area contributed by atoms with Crippen molar-refractivity contribution in [1.29, 1.82) is 0 Å². The van der Waals surface area contributed by atoms with Crippen molar-refractivity contribution in [2.45, 2.75) is 61.1 Å². The second-order valence-corrected chi connectivity index (χ2v) is 7.36. The first-order chi connectivity index (χ1) is 10.1. The second-order valence-electron chi connectivity index (χ2n) is 7.36. The van der Waals surface area contributed by atoms with Crippen molar-refractivity contribution in [2.24, 2.45) is 11.3 Å². The average Bonchev–Trinajstić information content (AvgIpc) is 2.68. The van der Waals surface area contributed by atoms with Crippen LogP contribution in [0.3, 0.4) is 0 Å². The molecule has 0 amide bonds. The second kappa shape index (κ2) is 5.74. The maximum atomic E-state index is 12.8. The molecule has 6 nitrogen and oxygen atoms in total. The number of rotatable bonds is 4. The minimum atomic E-state index is -0.377. The third kappa shape index (κ3) is 3.15. The highest BCUT2D eigenvalue weighted by atomic mass is 16.2. The molecule has 0 saturated carbocycles. The predicted octanol–water partition coefficient (Wildman–Crippen LogP) is 2.29. The summed E-state index contributed by atoms with van der Waals surface area (Å²) in [5, 5.41) is 0. The number of H-pyrrole nitrogens is 1. The zero-order valence-electron chi connectivity index (χ0n) is 14.4. The molecule has 1 N–H and O–H groups in total. The third-order valence-electron chi connectivity index (χ3n) is 3.90. The molecule has 2 rings (SSSR count). The molecule has 0 fully saturated rings. The Bertz CT molecular complexity index is 789. The number of fused-ring (bicyclic) bond motifs is 1. The van der Waals surface area contributed by atoms with Crippen LogP contribution in [0.1, 0.15) is 46.9 Å². The van der Waals surface area contributed by atoms with Gasteiger partial charge in [0.25, 0.3) is 5.56 Å². The Hall–Kier alpha value is -1.85. The SMILES string of the molecule is CCC(C)Cn1c(=O)[nH]c2nc(C)n(CC(C)(C)C)c2c1=O. The standard InChI is InChI=1S/C16H26N4O2/c1-7-10(2)8-19-14(21)12-13(18-15(19)22)17-11(3)20(12)9-16(4,5)6/h10H,7-9H2,1-6H3,(H,18,22). The van der Waals surface area contributed by atoms with Crippen LogP contribution in [0.4, 0.5) is 0 Å². The van der Waals surface area contributed by atoms with Gasteiger partial charge >= 0.3 is 5.69 Å². The monoisotopic (exact) mass is 306 g/mol. The number of hydrogen-bond acceptors (Lipinski definition) is 3. The van der Waals surface area contributed by atoms with Crippen molar-refractivity contribution >= 4 is 11.2 Å². The van der Waals surface area contributed by atoms with E-state index in [0.717, 1.165) is 12.2 Å². The molecule has 0 aliphatic heterocycles. The van der Waals surface area contributed by atoms with Crippen molar-refractivity contribution in [3.8, 4) is 0 Å². The lowest BCUT2D eigenvalue weighted by molar-refractivity contribution is 0.344. The smallest absolute Gasteiger partial charge is 0.322 e. The van der Waals surface area contributed by atoms with E-state index in [9.17, 15) is 9.59 Å². The van der Waals surface area contributed by atoms with Crippen molar-refractivity contribution < 1.29 is 0 Å². The maximum Gasteiger partial charge on any atom is 0.330 e. The van der Waals surface area contributed by atoms with Crippen molar-refractivity contribution in [2.75, 3.05) is 0 Å². The van der Waals surface area contributed by atoms with Gasteiger partial charge in [-0.15, -0.1) is 0 Å². The number of nitrogens with zero attached hydrogens (tertiary/aromatic N) is 3. The molecule has 6 heteroatoms. The Balaban J connectivity index is 2.69. The summed E-state index contributed by atoms with van der Waals surface area (Å²) in [6, 6.07) is 0. The Morgan fingerprint density at radius 2 is 1.86 bits per heavy atom. The quantitative estimate of drug-likeness (QED) is 0.942. The highest BCUT2D eigenvalue weighted by molar-refractivity contribution is 5.70. The molecule has 0 saturated heterocycles. The molecule has 2 heterocycles. The van der Waals surface area contributed by atoms with E-state index in [0.29, 0.717) is 24.3 Å². The zero-order valence-corrected chi connectivity index (χ0v) is 14.4. The summed E-state index contributed by atoms with van der Waals surface area (Å²) in [5.41, 5.74) is 0.275. The number of imidazole rings is 1. The summed E-state index contributed by atoms with van der Waals surface area (Å²) >= 11 is 0. The lowest BCUT2D eigenvalue weighted by atomic mass is 9.97. The highest BCUT2D eigenvalue weighted by Crippen LogP contribution is 2.20. The van der Waals surface area contributed by atoms with Crippen LogP contribution in [0.15, 0.2) is 9.59 Å². The van der Waals surface area contributed by atoms with Gasteiger partial charge in [0.2, 0.25) is 0 Å². The Kier molecular flexibility index (Phi) is 4.31. The zero-order chi connectivity index (χ0) is 16.7. The first-order valence-corrected chi connectivity index (χ1v) is 7.84. The maximum absolute atomic E-state index is 12.8. The van der Waals surface area contributed by atoms with Crippen molar-refractivity contribution in [1.82, 2.24) is 19.1 Å². The van der Waals surface area contributed by atoms with Crippen molar-refractivity contribution in [3.63, 3.8) is 0 Å². The molecule has 22 heavy (non-hydrogen) atoms. The topological polar surface area (TPSA) is 72.7 Å². The van der Waals surface area contributed by atoms with E-state index < -0.39 is 0 Å². The van der Waals surface area contributed by atoms with Crippen LogP contribution >= 0.6 is 0 Å². The number of hydrogen-bond donors (Lipinski definition) is 1. The summed E-state index contributed by atoms with van der Waals surface area (Å²) in [6.45, 7) is 13.4. The van der Waals surface area contributed by atoms with E-state index in [-0.39, 0.29) is 22.6 Å². The van der Waals surface area contributed by atoms with Gasteiger partial charge in [0, 0.05) is 13.1 Å². The third-order valence-corrected chi connectivity index (χ3v) is 3.90. The van der Waals surface area contributed by atoms with Crippen LogP contribution in [-0.2, 0) is 13.1 Å². The number of aromatic amines is 1. The molecule has 0 aliphatic rings. The average molecular weight is 306 g/mol. The van der Waals surface area contributed by atoms with E-state index in [2.05, 4.69) is 37.7 Å². The largest absolute Gasteiger partial charge is 0.330 e. The summed E-state index contributed by atoms with van der Waals surface area (Å²) in [5.74, 6) is 1.02. The molecule has 0 aliphatic carbocycles. The predicted molar refractivity (Wildman–Crippen MR) is 88.3 cm³/mol. The van der Waals surface area contributed by atoms with Gasteiger partial charge in [-0.2, -0.15) is 0 Å². The molecular formula is C16H26N4O2. The van der Waals surface area contributed by atoms with Gasteiger partial charge in [-0.1, -0.05) is 41.0 Å². The molecule has 0 spiro atoms. The van der Waals surface area contributed by atoms with Gasteiger partial charge < -0.3 is 4.57 Å².